The van der Waals surface area contributed by atoms with Gasteiger partial charge < -0.3 is 25.3 Å². The SMILES string of the molecule is O=C(O)c1cc(O)ccc1[O-].OCC[NH+]1CCCC1. The van der Waals surface area contributed by atoms with Crippen LogP contribution in [0.3, 0.4) is 0 Å². The number of aromatic carboxylic acids is 1. The van der Waals surface area contributed by atoms with Crippen molar-refractivity contribution in [1.29, 1.82) is 0 Å². The molecule has 6 heteroatoms. The lowest BCUT2D eigenvalue weighted by atomic mass is 10.2. The van der Waals surface area contributed by atoms with E-state index in [-0.39, 0.29) is 5.75 Å². The van der Waals surface area contributed by atoms with E-state index in [0.717, 1.165) is 24.7 Å². The van der Waals surface area contributed by atoms with Crippen molar-refractivity contribution in [2.24, 2.45) is 0 Å². The molecule has 1 aromatic rings. The molecule has 0 atom stereocenters. The second-order valence-electron chi connectivity index (χ2n) is 4.42. The Bertz CT molecular complexity index is 415. The molecule has 4 N–H and O–H groups in total. The van der Waals surface area contributed by atoms with Crippen molar-refractivity contribution < 1.29 is 30.1 Å². The van der Waals surface area contributed by atoms with Crippen molar-refractivity contribution in [3.63, 3.8) is 0 Å². The van der Waals surface area contributed by atoms with Gasteiger partial charge in [0.05, 0.1) is 25.3 Å². The molecule has 0 radical (unpaired) electrons. The van der Waals surface area contributed by atoms with Crippen molar-refractivity contribution in [3.05, 3.63) is 23.8 Å². The van der Waals surface area contributed by atoms with Crippen molar-refractivity contribution in [3.8, 4) is 11.5 Å². The largest absolute Gasteiger partial charge is 0.872 e. The summed E-state index contributed by atoms with van der Waals surface area (Å²) in [5.41, 5.74) is -0.412. The molecule has 1 aromatic carbocycles. The Labute approximate surface area is 111 Å². The fourth-order valence-electron chi connectivity index (χ4n) is 1.97. The number of phenolic OH excluding ortho intramolecular Hbond substituents is 1. The lowest BCUT2D eigenvalue weighted by molar-refractivity contribution is -0.887. The van der Waals surface area contributed by atoms with E-state index in [4.69, 9.17) is 15.3 Å². The maximum absolute atomic E-state index is 10.7. The van der Waals surface area contributed by atoms with Crippen molar-refractivity contribution >= 4 is 5.97 Å². The number of carboxylic acid groups (broad SMARTS) is 1. The summed E-state index contributed by atoms with van der Waals surface area (Å²) in [7, 11) is 0. The van der Waals surface area contributed by atoms with Crippen LogP contribution in [0.25, 0.3) is 0 Å². The van der Waals surface area contributed by atoms with Crippen molar-refractivity contribution in [1.82, 2.24) is 0 Å². The zero-order valence-corrected chi connectivity index (χ0v) is 10.6. The minimum atomic E-state index is -1.33. The maximum atomic E-state index is 10.7. The van der Waals surface area contributed by atoms with E-state index < -0.39 is 17.3 Å². The van der Waals surface area contributed by atoms with Gasteiger partial charge in [-0.05, 0) is 12.1 Å². The number of benzene rings is 1. The Kier molecular flexibility index (Phi) is 6.11. The first kappa shape index (κ1) is 15.3. The van der Waals surface area contributed by atoms with Crippen LogP contribution in [-0.4, -0.2) is 47.5 Å². The molecular weight excluding hydrogens is 250 g/mol. The zero-order chi connectivity index (χ0) is 14.3. The van der Waals surface area contributed by atoms with Gasteiger partial charge >= 0.3 is 5.97 Å². The molecule has 19 heavy (non-hydrogen) atoms. The second-order valence-corrected chi connectivity index (χ2v) is 4.42. The summed E-state index contributed by atoms with van der Waals surface area (Å²) in [5, 5.41) is 36.4. The summed E-state index contributed by atoms with van der Waals surface area (Å²) in [6.07, 6.45) is 2.71. The highest BCUT2D eigenvalue weighted by molar-refractivity contribution is 5.90. The van der Waals surface area contributed by atoms with Crippen LogP contribution in [0.4, 0.5) is 0 Å². The maximum Gasteiger partial charge on any atom is 0.335 e. The van der Waals surface area contributed by atoms with Gasteiger partial charge in [-0.1, -0.05) is 11.8 Å². The molecule has 0 saturated carbocycles. The number of carbonyl (C=O) groups is 1. The molecule has 0 aromatic heterocycles. The van der Waals surface area contributed by atoms with Gasteiger partial charge in [-0.25, -0.2) is 4.79 Å². The number of aliphatic hydroxyl groups is 1. The fraction of sp³-hybridized carbons (Fsp3) is 0.462. The molecule has 1 fully saturated rings. The molecule has 1 aliphatic heterocycles. The van der Waals surface area contributed by atoms with Crippen LogP contribution >= 0.6 is 0 Å². The minimum Gasteiger partial charge on any atom is -0.872 e. The van der Waals surface area contributed by atoms with Crippen LogP contribution in [-0.2, 0) is 0 Å². The highest BCUT2D eigenvalue weighted by atomic mass is 16.4. The summed E-state index contributed by atoms with van der Waals surface area (Å²) < 4.78 is 0. The number of likely N-dealkylation sites (tertiary alicyclic amines) is 1. The normalized spacial score (nSPS) is 14.8. The number of quaternary nitrogens is 1. The van der Waals surface area contributed by atoms with Crippen LogP contribution in [0.15, 0.2) is 18.2 Å². The van der Waals surface area contributed by atoms with Crippen LogP contribution in [0.1, 0.15) is 23.2 Å². The number of phenols is 1. The number of hydrogen-bond donors (Lipinski definition) is 4. The Morgan fingerprint density at radius 1 is 1.32 bits per heavy atom. The van der Waals surface area contributed by atoms with E-state index in [1.54, 1.807) is 4.90 Å². The Balaban J connectivity index is 0.000000200. The minimum absolute atomic E-state index is 0.220. The van der Waals surface area contributed by atoms with E-state index in [1.807, 2.05) is 0 Å². The van der Waals surface area contributed by atoms with E-state index in [9.17, 15) is 9.90 Å². The van der Waals surface area contributed by atoms with Gasteiger partial charge in [0, 0.05) is 12.8 Å². The van der Waals surface area contributed by atoms with E-state index >= 15 is 0 Å². The molecule has 2 rings (SSSR count). The summed E-state index contributed by atoms with van der Waals surface area (Å²) in [6, 6.07) is 3.08. The van der Waals surface area contributed by atoms with Gasteiger partial charge in [0.25, 0.3) is 0 Å². The van der Waals surface area contributed by atoms with E-state index in [1.165, 1.54) is 25.9 Å². The quantitative estimate of drug-likeness (QED) is 0.553. The van der Waals surface area contributed by atoms with Crippen molar-refractivity contribution in [2.45, 2.75) is 12.8 Å². The smallest absolute Gasteiger partial charge is 0.335 e. The fourth-order valence-corrected chi connectivity index (χ4v) is 1.97. The molecular formula is C13H19NO5. The summed E-state index contributed by atoms with van der Waals surface area (Å²) in [6.45, 7) is 3.87. The zero-order valence-electron chi connectivity index (χ0n) is 10.6. The van der Waals surface area contributed by atoms with Crippen molar-refractivity contribution in [2.75, 3.05) is 26.2 Å². The lowest BCUT2D eigenvalue weighted by Crippen LogP contribution is -3.10. The lowest BCUT2D eigenvalue weighted by Gasteiger charge is -2.08. The number of nitrogens with one attached hydrogen (secondary N) is 1. The third-order valence-corrected chi connectivity index (χ3v) is 2.97. The molecule has 1 heterocycles. The molecule has 1 saturated heterocycles. The van der Waals surface area contributed by atoms with Crippen LogP contribution in [0.2, 0.25) is 0 Å². The number of aromatic hydroxyl groups is 1. The highest BCUT2D eigenvalue weighted by Crippen LogP contribution is 2.19. The number of hydrogen-bond acceptors (Lipinski definition) is 4. The third-order valence-electron chi connectivity index (χ3n) is 2.97. The molecule has 0 aliphatic carbocycles. The van der Waals surface area contributed by atoms with Gasteiger partial charge in [0.15, 0.2) is 0 Å². The molecule has 0 amide bonds. The predicted octanol–water partition coefficient (Wildman–Crippen LogP) is -1.18. The monoisotopic (exact) mass is 269 g/mol. The third kappa shape index (κ3) is 5.15. The molecule has 6 nitrogen and oxygen atoms in total. The van der Waals surface area contributed by atoms with Crippen LogP contribution < -0.4 is 10.0 Å². The first-order valence-corrected chi connectivity index (χ1v) is 6.22. The molecule has 0 spiro atoms. The Morgan fingerprint density at radius 3 is 2.42 bits per heavy atom. The van der Waals surface area contributed by atoms with E-state index in [2.05, 4.69) is 0 Å². The summed E-state index contributed by atoms with van der Waals surface area (Å²) >= 11 is 0. The Morgan fingerprint density at radius 2 is 1.95 bits per heavy atom. The number of carboxylic acids is 1. The average Bonchev–Trinajstić information content (AvgIpc) is 2.86. The van der Waals surface area contributed by atoms with Gasteiger partial charge in [-0.2, -0.15) is 0 Å². The average molecular weight is 269 g/mol. The highest BCUT2D eigenvalue weighted by Gasteiger charge is 2.12. The first-order chi connectivity index (χ1) is 9.04. The van der Waals surface area contributed by atoms with E-state index in [0.29, 0.717) is 6.61 Å². The second kappa shape index (κ2) is 7.60. The number of rotatable bonds is 3. The predicted molar refractivity (Wildman–Crippen MR) is 66.4 cm³/mol. The Hall–Kier alpha value is -1.79. The van der Waals surface area contributed by atoms with Gasteiger partial charge in [0.2, 0.25) is 0 Å². The van der Waals surface area contributed by atoms with Gasteiger partial charge in [-0.15, -0.1) is 0 Å². The summed E-state index contributed by atoms with van der Waals surface area (Å²) in [5.74, 6) is -2.15. The molecule has 1 aliphatic rings. The number of aliphatic hydroxyl groups excluding tert-OH is 1. The summed E-state index contributed by atoms with van der Waals surface area (Å²) in [4.78, 5) is 11.8. The molecule has 0 bridgehead atoms. The first-order valence-electron chi connectivity index (χ1n) is 6.22. The van der Waals surface area contributed by atoms with Crippen LogP contribution in [0, 0.1) is 0 Å². The topological polar surface area (TPSA) is 105 Å². The van der Waals surface area contributed by atoms with Gasteiger partial charge in [-0.3, -0.25) is 0 Å². The van der Waals surface area contributed by atoms with Gasteiger partial charge in [0.1, 0.15) is 12.3 Å². The molecule has 0 unspecified atom stereocenters. The molecule has 106 valence electrons. The van der Waals surface area contributed by atoms with Crippen LogP contribution in [0.5, 0.6) is 11.5 Å². The standard InChI is InChI=1S/C7H6O4.C6H13NO/c8-4-1-2-6(9)5(3-4)7(10)11;8-6-5-7-3-1-2-4-7/h1-3,8-9H,(H,10,11);8H,1-6H2.